The minimum atomic E-state index is 0.0669. The molecule has 0 aromatic heterocycles. The molecule has 0 bridgehead atoms. The summed E-state index contributed by atoms with van der Waals surface area (Å²) in [7, 11) is 0. The van der Waals surface area contributed by atoms with E-state index in [1.165, 1.54) is 0 Å². The monoisotopic (exact) mass is 182 g/mol. The smallest absolute Gasteiger partial charge is 0.234 e. The first-order valence-corrected chi connectivity index (χ1v) is 4.77. The molecular weight excluding hydrogens is 168 g/mol. The number of Topliss-reactive ketones (excluding diaryl/α,β-unsaturated/α-hetero) is 1. The lowest BCUT2D eigenvalue weighted by Crippen LogP contribution is -2.37. The fraction of sp³-hybridized carbons (Fsp3) is 0.778. The molecule has 1 amide bonds. The first kappa shape index (κ1) is 8.69. The second-order valence-corrected chi connectivity index (χ2v) is 3.84. The van der Waals surface area contributed by atoms with Crippen LogP contribution in [0.2, 0.25) is 0 Å². The van der Waals surface area contributed by atoms with Crippen molar-refractivity contribution in [2.24, 2.45) is 0 Å². The topological polar surface area (TPSA) is 49.4 Å². The van der Waals surface area contributed by atoms with Crippen LogP contribution in [-0.2, 0) is 9.59 Å². The van der Waals surface area contributed by atoms with Crippen molar-refractivity contribution in [3.8, 4) is 0 Å². The average Bonchev–Trinajstić information content (AvgIpc) is 2.76. The fourth-order valence-corrected chi connectivity index (χ4v) is 1.53. The van der Waals surface area contributed by atoms with Crippen molar-refractivity contribution < 1.29 is 9.59 Å². The predicted octanol–water partition coefficient (Wildman–Crippen LogP) is -0.460. The fourth-order valence-electron chi connectivity index (χ4n) is 1.53. The van der Waals surface area contributed by atoms with E-state index in [0.717, 1.165) is 19.4 Å². The Labute approximate surface area is 77.3 Å². The van der Waals surface area contributed by atoms with Gasteiger partial charge in [0.05, 0.1) is 13.1 Å². The van der Waals surface area contributed by atoms with Gasteiger partial charge in [-0.15, -0.1) is 0 Å². The minimum absolute atomic E-state index is 0.0669. The van der Waals surface area contributed by atoms with E-state index in [-0.39, 0.29) is 11.7 Å². The summed E-state index contributed by atoms with van der Waals surface area (Å²) in [5.74, 6) is 0.316. The van der Waals surface area contributed by atoms with Gasteiger partial charge in [-0.05, 0) is 12.8 Å². The number of nitrogens with zero attached hydrogens (tertiary/aromatic N) is 1. The van der Waals surface area contributed by atoms with E-state index >= 15 is 0 Å². The van der Waals surface area contributed by atoms with Gasteiger partial charge in [-0.1, -0.05) is 0 Å². The van der Waals surface area contributed by atoms with Crippen molar-refractivity contribution in [3.05, 3.63) is 0 Å². The zero-order valence-electron chi connectivity index (χ0n) is 7.58. The standard InChI is InChI=1S/C9H14N2O2/c12-8-3-4-11(5-8)6-9(13)10-7-1-2-7/h7H,1-6H2,(H,10,13). The molecule has 1 saturated carbocycles. The molecule has 4 heteroatoms. The normalized spacial score (nSPS) is 23.5. The van der Waals surface area contributed by atoms with E-state index < -0.39 is 0 Å². The summed E-state index contributed by atoms with van der Waals surface area (Å²) in [6.45, 7) is 1.59. The van der Waals surface area contributed by atoms with Crippen LogP contribution in [0.25, 0.3) is 0 Å². The Hall–Kier alpha value is -0.900. The van der Waals surface area contributed by atoms with Gasteiger partial charge in [0.2, 0.25) is 5.91 Å². The van der Waals surface area contributed by atoms with Crippen molar-refractivity contribution in [1.82, 2.24) is 10.2 Å². The first-order valence-electron chi connectivity index (χ1n) is 4.77. The van der Waals surface area contributed by atoms with E-state index in [4.69, 9.17) is 0 Å². The highest BCUT2D eigenvalue weighted by Gasteiger charge is 2.26. The summed E-state index contributed by atoms with van der Waals surface area (Å²) in [4.78, 5) is 24.1. The third kappa shape index (κ3) is 2.52. The Morgan fingerprint density at radius 1 is 1.54 bits per heavy atom. The molecule has 4 nitrogen and oxygen atoms in total. The second-order valence-electron chi connectivity index (χ2n) is 3.84. The Morgan fingerprint density at radius 2 is 2.31 bits per heavy atom. The first-order chi connectivity index (χ1) is 6.24. The summed E-state index contributed by atoms with van der Waals surface area (Å²) in [6.07, 6.45) is 2.84. The lowest BCUT2D eigenvalue weighted by molar-refractivity contribution is -0.122. The number of carbonyl (C=O) groups is 2. The quantitative estimate of drug-likeness (QED) is 0.642. The third-order valence-corrected chi connectivity index (χ3v) is 2.42. The summed E-state index contributed by atoms with van der Waals surface area (Å²) < 4.78 is 0. The summed E-state index contributed by atoms with van der Waals surface area (Å²) in [6, 6.07) is 0.422. The highest BCUT2D eigenvalue weighted by molar-refractivity contribution is 5.84. The molecule has 2 fully saturated rings. The molecule has 1 N–H and O–H groups in total. The van der Waals surface area contributed by atoms with E-state index in [2.05, 4.69) is 5.32 Å². The SMILES string of the molecule is O=C1CCN(CC(=O)NC2CC2)C1. The molecule has 1 aliphatic heterocycles. The molecule has 72 valence electrons. The summed E-state index contributed by atoms with van der Waals surface area (Å²) in [5, 5.41) is 2.90. The highest BCUT2D eigenvalue weighted by atomic mass is 16.2. The number of rotatable bonds is 3. The van der Waals surface area contributed by atoms with Crippen molar-refractivity contribution in [3.63, 3.8) is 0 Å². The van der Waals surface area contributed by atoms with Crippen LogP contribution in [0.5, 0.6) is 0 Å². The third-order valence-electron chi connectivity index (χ3n) is 2.42. The maximum Gasteiger partial charge on any atom is 0.234 e. The molecule has 0 aromatic carbocycles. The molecule has 0 spiro atoms. The van der Waals surface area contributed by atoms with Crippen LogP contribution in [0, 0.1) is 0 Å². The summed E-state index contributed by atoms with van der Waals surface area (Å²) >= 11 is 0. The molecule has 0 aromatic rings. The van der Waals surface area contributed by atoms with Crippen LogP contribution in [0.15, 0.2) is 0 Å². The number of carbonyl (C=O) groups excluding carboxylic acids is 2. The van der Waals surface area contributed by atoms with Crippen molar-refractivity contribution in [2.45, 2.75) is 25.3 Å². The Morgan fingerprint density at radius 3 is 2.85 bits per heavy atom. The van der Waals surface area contributed by atoms with Crippen LogP contribution in [0.1, 0.15) is 19.3 Å². The lowest BCUT2D eigenvalue weighted by Gasteiger charge is -2.12. The van der Waals surface area contributed by atoms with Gasteiger partial charge in [0.1, 0.15) is 5.78 Å². The molecule has 0 unspecified atom stereocenters. The van der Waals surface area contributed by atoms with E-state index in [1.807, 2.05) is 4.90 Å². The number of amides is 1. The Bertz CT molecular complexity index is 236. The van der Waals surface area contributed by atoms with Crippen molar-refractivity contribution in [2.75, 3.05) is 19.6 Å². The molecule has 0 atom stereocenters. The number of likely N-dealkylation sites (tertiary alicyclic amines) is 1. The molecule has 1 heterocycles. The van der Waals surface area contributed by atoms with Gasteiger partial charge in [-0.25, -0.2) is 0 Å². The number of hydrogen-bond donors (Lipinski definition) is 1. The molecule has 2 aliphatic rings. The Balaban J connectivity index is 1.70. The maximum absolute atomic E-state index is 11.3. The van der Waals surface area contributed by atoms with Gasteiger partial charge in [0.25, 0.3) is 0 Å². The molecular formula is C9H14N2O2. The lowest BCUT2D eigenvalue weighted by atomic mass is 10.4. The molecule has 2 rings (SSSR count). The van der Waals surface area contributed by atoms with Crippen molar-refractivity contribution >= 4 is 11.7 Å². The number of ketones is 1. The zero-order chi connectivity index (χ0) is 9.26. The van der Waals surface area contributed by atoms with Crippen LogP contribution in [0.4, 0.5) is 0 Å². The Kier molecular flexibility index (Phi) is 2.31. The van der Waals surface area contributed by atoms with Gasteiger partial charge in [-0.2, -0.15) is 0 Å². The van der Waals surface area contributed by atoms with Gasteiger partial charge in [-0.3, -0.25) is 14.5 Å². The highest BCUT2D eigenvalue weighted by Crippen LogP contribution is 2.18. The van der Waals surface area contributed by atoms with Gasteiger partial charge >= 0.3 is 0 Å². The van der Waals surface area contributed by atoms with Crippen LogP contribution >= 0.6 is 0 Å². The molecule has 13 heavy (non-hydrogen) atoms. The largest absolute Gasteiger partial charge is 0.352 e. The number of nitrogens with one attached hydrogen (secondary N) is 1. The molecule has 0 radical (unpaired) electrons. The van der Waals surface area contributed by atoms with Crippen LogP contribution in [-0.4, -0.2) is 42.3 Å². The van der Waals surface area contributed by atoms with E-state index in [9.17, 15) is 9.59 Å². The molecule has 1 saturated heterocycles. The number of hydrogen-bond acceptors (Lipinski definition) is 3. The van der Waals surface area contributed by atoms with Crippen LogP contribution < -0.4 is 5.32 Å². The second kappa shape index (κ2) is 3.46. The minimum Gasteiger partial charge on any atom is -0.352 e. The van der Waals surface area contributed by atoms with Gasteiger partial charge in [0, 0.05) is 19.0 Å². The van der Waals surface area contributed by atoms with E-state index in [1.54, 1.807) is 0 Å². The van der Waals surface area contributed by atoms with E-state index in [0.29, 0.717) is 25.6 Å². The van der Waals surface area contributed by atoms with Crippen LogP contribution in [0.3, 0.4) is 0 Å². The van der Waals surface area contributed by atoms with Crippen molar-refractivity contribution in [1.29, 1.82) is 0 Å². The average molecular weight is 182 g/mol. The van der Waals surface area contributed by atoms with Gasteiger partial charge in [0.15, 0.2) is 0 Å². The summed E-state index contributed by atoms with van der Waals surface area (Å²) in [5.41, 5.74) is 0. The molecule has 1 aliphatic carbocycles. The maximum atomic E-state index is 11.3. The predicted molar refractivity (Wildman–Crippen MR) is 47.2 cm³/mol. The zero-order valence-corrected chi connectivity index (χ0v) is 7.58. The van der Waals surface area contributed by atoms with Gasteiger partial charge < -0.3 is 5.32 Å².